The molecule has 18 nitrogen and oxygen atoms in total. The fourth-order valence-corrected chi connectivity index (χ4v) is 5.74. The Morgan fingerprint density at radius 1 is 0.792 bits per heavy atom. The quantitative estimate of drug-likeness (QED) is 0.0626. The minimum Gasteiger partial charge on any atom is -0.445 e. The van der Waals surface area contributed by atoms with E-state index in [9.17, 15) is 44.1 Å². The number of hydrogen-bond donors (Lipinski definition) is 10. The molecule has 0 bridgehead atoms. The van der Waals surface area contributed by atoms with Gasteiger partial charge >= 0.3 is 6.09 Å². The van der Waals surface area contributed by atoms with E-state index >= 15 is 0 Å². The second-order valence-electron chi connectivity index (χ2n) is 13.7. The van der Waals surface area contributed by atoms with E-state index < -0.39 is 85.2 Å². The summed E-state index contributed by atoms with van der Waals surface area (Å²) in [4.78, 5) is 77.3. The minimum absolute atomic E-state index is 0.0512. The predicted octanol–water partition coefficient (Wildman–Crippen LogP) is -1.90. The summed E-state index contributed by atoms with van der Waals surface area (Å²) in [5.74, 6) is -4.59. The number of aliphatic hydroxyl groups excluding tert-OH is 3. The molecule has 53 heavy (non-hydrogen) atoms. The summed E-state index contributed by atoms with van der Waals surface area (Å²) in [7, 11) is 0. The summed E-state index contributed by atoms with van der Waals surface area (Å²) >= 11 is 0. The second kappa shape index (κ2) is 21.2. The summed E-state index contributed by atoms with van der Waals surface area (Å²) in [6.07, 6.45) is -0.0477. The Kier molecular flexibility index (Phi) is 17.8. The van der Waals surface area contributed by atoms with Crippen LogP contribution in [-0.2, 0) is 35.1 Å². The third-order valence-corrected chi connectivity index (χ3v) is 8.62. The van der Waals surface area contributed by atoms with E-state index in [1.54, 1.807) is 30.5 Å². The van der Waals surface area contributed by atoms with Gasteiger partial charge in [-0.3, -0.25) is 28.5 Å². The number of primary amides is 1. The molecule has 1 heterocycles. The number of amides is 5. The lowest BCUT2D eigenvalue weighted by Crippen LogP contribution is -2.61. The number of carbonyl (C=O) groups excluding carboxylic acids is 6. The first-order valence-electron chi connectivity index (χ1n) is 17.6. The Morgan fingerprint density at radius 3 is 1.91 bits per heavy atom. The van der Waals surface area contributed by atoms with Crippen LogP contribution in [0.3, 0.4) is 0 Å². The van der Waals surface area contributed by atoms with Crippen molar-refractivity contribution in [3.05, 3.63) is 36.0 Å². The van der Waals surface area contributed by atoms with Crippen molar-refractivity contribution in [3.8, 4) is 0 Å². The number of nitrogens with zero attached hydrogens (tertiary/aromatic N) is 1. The van der Waals surface area contributed by atoms with Crippen molar-refractivity contribution in [2.75, 3.05) is 19.8 Å². The van der Waals surface area contributed by atoms with E-state index in [0.29, 0.717) is 35.9 Å². The van der Waals surface area contributed by atoms with E-state index in [4.69, 9.17) is 21.9 Å². The van der Waals surface area contributed by atoms with Crippen LogP contribution >= 0.6 is 0 Å². The molecule has 0 aliphatic rings. The highest BCUT2D eigenvalue weighted by atomic mass is 16.6. The summed E-state index contributed by atoms with van der Waals surface area (Å²) in [6, 6.07) is -0.197. The van der Waals surface area contributed by atoms with Crippen molar-refractivity contribution in [2.45, 2.75) is 103 Å². The number of carbonyl (C=O) groups is 6. The van der Waals surface area contributed by atoms with Gasteiger partial charge in [-0.05, 0) is 62.6 Å². The normalized spacial score (nSPS) is 15.0. The highest BCUT2D eigenvalue weighted by Gasteiger charge is 2.34. The SMILES string of the molecule is CC(C)C(OC(=O)n1cc(C[C@H](N)C(=O)N[C@@H](CO)C(=O)N[C@H](C(=O)N[C@@H](CCCCN)C(=O)N[C@@H](CO)C(N)=O)[C@@H](C)O)c2ccccc21)C(C)C. The number of para-hydroxylation sites is 1. The van der Waals surface area contributed by atoms with Gasteiger partial charge in [-0.1, -0.05) is 45.9 Å². The average molecular weight is 749 g/mol. The molecule has 0 radical (unpaired) electrons. The summed E-state index contributed by atoms with van der Waals surface area (Å²) in [5.41, 5.74) is 18.1. The molecular formula is C35H56N8O10. The maximum absolute atomic E-state index is 13.2. The van der Waals surface area contributed by atoms with Crippen molar-refractivity contribution >= 4 is 46.5 Å². The summed E-state index contributed by atoms with van der Waals surface area (Å²) in [6.45, 7) is 7.63. The first kappa shape index (κ1) is 44.5. The maximum Gasteiger partial charge on any atom is 0.418 e. The molecule has 0 fully saturated rings. The van der Waals surface area contributed by atoms with Crippen LogP contribution in [0.2, 0.25) is 0 Å². The van der Waals surface area contributed by atoms with E-state index in [1.807, 2.05) is 27.7 Å². The fourth-order valence-electron chi connectivity index (χ4n) is 5.74. The van der Waals surface area contributed by atoms with Gasteiger partial charge in [0.05, 0.1) is 30.9 Å². The number of ether oxygens (including phenoxy) is 1. The van der Waals surface area contributed by atoms with Gasteiger partial charge in [-0.15, -0.1) is 0 Å². The average Bonchev–Trinajstić information content (AvgIpc) is 3.47. The fraction of sp³-hybridized carbons (Fsp3) is 0.600. The first-order chi connectivity index (χ1) is 25.0. The van der Waals surface area contributed by atoms with Crippen LogP contribution in [0.25, 0.3) is 10.9 Å². The van der Waals surface area contributed by atoms with Gasteiger partial charge in [0.2, 0.25) is 29.5 Å². The molecule has 5 amide bonds. The van der Waals surface area contributed by atoms with E-state index in [0.717, 1.165) is 0 Å². The Morgan fingerprint density at radius 2 is 1.36 bits per heavy atom. The number of aromatic nitrogens is 1. The van der Waals surface area contributed by atoms with Crippen molar-refractivity contribution in [1.29, 1.82) is 0 Å². The molecule has 1 aromatic carbocycles. The number of aliphatic hydroxyl groups is 3. The number of nitrogens with one attached hydrogen (secondary N) is 4. The number of hydrogen-bond acceptors (Lipinski definition) is 12. The lowest BCUT2D eigenvalue weighted by atomic mass is 9.96. The van der Waals surface area contributed by atoms with Gasteiger partial charge in [-0.25, -0.2) is 4.79 Å². The van der Waals surface area contributed by atoms with Crippen LogP contribution in [-0.4, -0.2) is 118 Å². The highest BCUT2D eigenvalue weighted by Crippen LogP contribution is 2.25. The standard InChI is InChI=1S/C35H56N8O10/c1-18(2)29(19(3)4)53-35(52)43-15-21(22-10-6-7-12-27(22)43)14-23(37)31(48)41-26(17-45)33(50)42-28(20(5)46)34(51)39-24(11-8-9-13-36)32(49)40-25(16-44)30(38)47/h6-7,10,12,15,18-20,23-26,28-29,44-46H,8-9,11,13-14,16-17,36-37H2,1-5H3,(H2,38,47)(H,39,51)(H,40,49)(H,41,48)(H,42,50)/t20-,23+,24+,25+,26+,28+/m1/s1. The molecule has 0 saturated heterocycles. The molecule has 2 rings (SSSR count). The zero-order valence-electron chi connectivity index (χ0n) is 30.9. The number of fused-ring (bicyclic) bond motifs is 1. The van der Waals surface area contributed by atoms with Crippen molar-refractivity contribution in [1.82, 2.24) is 25.8 Å². The largest absolute Gasteiger partial charge is 0.445 e. The van der Waals surface area contributed by atoms with Gasteiger partial charge in [0.25, 0.3) is 0 Å². The predicted molar refractivity (Wildman–Crippen MR) is 195 cm³/mol. The second-order valence-corrected chi connectivity index (χ2v) is 13.7. The smallest absolute Gasteiger partial charge is 0.418 e. The van der Waals surface area contributed by atoms with E-state index in [2.05, 4.69) is 21.3 Å². The highest BCUT2D eigenvalue weighted by molar-refractivity contribution is 5.96. The molecule has 0 aliphatic heterocycles. The monoisotopic (exact) mass is 748 g/mol. The Bertz CT molecular complexity index is 1550. The van der Waals surface area contributed by atoms with Crippen LogP contribution in [0.4, 0.5) is 4.79 Å². The topological polar surface area (TPSA) is 303 Å². The van der Waals surface area contributed by atoms with Gasteiger partial charge in [0.1, 0.15) is 30.3 Å². The first-order valence-corrected chi connectivity index (χ1v) is 17.6. The van der Waals surface area contributed by atoms with Gasteiger partial charge in [0, 0.05) is 11.6 Å². The number of unbranched alkanes of at least 4 members (excludes halogenated alkanes) is 1. The number of benzene rings is 1. The Hall–Kier alpha value is -4.62. The molecule has 13 N–H and O–H groups in total. The molecule has 0 aliphatic carbocycles. The molecule has 0 saturated carbocycles. The molecule has 0 unspecified atom stereocenters. The van der Waals surface area contributed by atoms with Crippen LogP contribution in [0, 0.1) is 11.8 Å². The van der Waals surface area contributed by atoms with Crippen LogP contribution < -0.4 is 38.5 Å². The summed E-state index contributed by atoms with van der Waals surface area (Å²) in [5, 5.41) is 39.7. The Balaban J connectivity index is 2.18. The number of nitrogens with two attached hydrogens (primary N) is 3. The molecular weight excluding hydrogens is 692 g/mol. The molecule has 296 valence electrons. The van der Waals surface area contributed by atoms with Crippen LogP contribution in [0.1, 0.15) is 59.4 Å². The summed E-state index contributed by atoms with van der Waals surface area (Å²) < 4.78 is 7.17. The lowest BCUT2D eigenvalue weighted by molar-refractivity contribution is -0.137. The van der Waals surface area contributed by atoms with Crippen LogP contribution in [0.15, 0.2) is 30.5 Å². The maximum atomic E-state index is 13.2. The molecule has 18 heteroatoms. The minimum atomic E-state index is -1.66. The zero-order valence-corrected chi connectivity index (χ0v) is 30.9. The lowest BCUT2D eigenvalue weighted by Gasteiger charge is -2.27. The van der Waals surface area contributed by atoms with Gasteiger partial charge in [-0.2, -0.15) is 0 Å². The van der Waals surface area contributed by atoms with Gasteiger partial charge in [0.15, 0.2) is 0 Å². The molecule has 0 spiro atoms. The third-order valence-electron chi connectivity index (χ3n) is 8.62. The molecule has 6 atom stereocenters. The van der Waals surface area contributed by atoms with Crippen LogP contribution in [0.5, 0.6) is 0 Å². The molecule has 1 aromatic heterocycles. The van der Waals surface area contributed by atoms with Crippen molar-refractivity contribution in [3.63, 3.8) is 0 Å². The van der Waals surface area contributed by atoms with E-state index in [1.165, 1.54) is 11.5 Å². The van der Waals surface area contributed by atoms with Crippen molar-refractivity contribution < 1.29 is 48.8 Å². The third kappa shape index (κ3) is 12.8. The Labute approximate surface area is 308 Å². The zero-order chi connectivity index (χ0) is 40.0. The van der Waals surface area contributed by atoms with Gasteiger partial charge < -0.3 is 58.5 Å². The van der Waals surface area contributed by atoms with E-state index in [-0.39, 0.29) is 30.8 Å². The molecule has 2 aromatic rings. The number of rotatable bonds is 21. The van der Waals surface area contributed by atoms with Crippen molar-refractivity contribution in [2.24, 2.45) is 29.0 Å².